The van der Waals surface area contributed by atoms with Crippen LogP contribution in [0, 0.1) is 0 Å². The highest BCUT2D eigenvalue weighted by Crippen LogP contribution is 2.28. The lowest BCUT2D eigenvalue weighted by Gasteiger charge is -2.11. The molecular weight excluding hydrogens is 371 g/mol. The first-order valence-electron chi connectivity index (χ1n) is 7.24. The van der Waals surface area contributed by atoms with Crippen molar-refractivity contribution in [3.63, 3.8) is 0 Å². The van der Waals surface area contributed by atoms with E-state index in [2.05, 4.69) is 10.0 Å². The van der Waals surface area contributed by atoms with Crippen LogP contribution in [-0.4, -0.2) is 20.4 Å². The Morgan fingerprint density at radius 1 is 1.08 bits per heavy atom. The second-order valence-corrected chi connectivity index (χ2v) is 8.03. The number of carbonyl (C=O) groups excluding carboxylic acids is 1. The minimum absolute atomic E-state index is 0.0167. The highest BCUT2D eigenvalue weighted by molar-refractivity contribution is 7.92. The van der Waals surface area contributed by atoms with Gasteiger partial charge in [-0.05, 0) is 49.2 Å². The second-order valence-electron chi connectivity index (χ2n) is 5.51. The predicted molar refractivity (Wildman–Crippen MR) is 94.2 cm³/mol. The van der Waals surface area contributed by atoms with Crippen molar-refractivity contribution in [3.8, 4) is 0 Å². The van der Waals surface area contributed by atoms with Gasteiger partial charge in [0.2, 0.25) is 0 Å². The summed E-state index contributed by atoms with van der Waals surface area (Å²) >= 11 is 11.8. The SMILES string of the molecule is O=C(NC1CC1)c1cccc(S(=O)(=O)Nc2ccc(Cl)cc2Cl)c1. The normalized spacial score (nSPS) is 14.2. The van der Waals surface area contributed by atoms with Gasteiger partial charge < -0.3 is 5.32 Å². The molecule has 1 aliphatic carbocycles. The molecule has 0 spiro atoms. The first-order valence-corrected chi connectivity index (χ1v) is 9.48. The lowest BCUT2D eigenvalue weighted by Crippen LogP contribution is -2.25. The van der Waals surface area contributed by atoms with Gasteiger partial charge in [0.1, 0.15) is 0 Å². The molecule has 0 atom stereocenters. The van der Waals surface area contributed by atoms with E-state index in [0.29, 0.717) is 10.6 Å². The first kappa shape index (κ1) is 17.1. The average molecular weight is 385 g/mol. The van der Waals surface area contributed by atoms with Gasteiger partial charge in [-0.3, -0.25) is 9.52 Å². The van der Waals surface area contributed by atoms with Crippen LogP contribution in [0.2, 0.25) is 10.0 Å². The van der Waals surface area contributed by atoms with Crippen molar-refractivity contribution in [1.82, 2.24) is 5.32 Å². The maximum atomic E-state index is 12.5. The number of carbonyl (C=O) groups is 1. The summed E-state index contributed by atoms with van der Waals surface area (Å²) in [6, 6.07) is 10.5. The molecular formula is C16H14Cl2N2O3S. The molecule has 2 aromatic rings. The summed E-state index contributed by atoms with van der Waals surface area (Å²) in [5, 5.41) is 3.42. The number of halogens is 2. The fourth-order valence-electron chi connectivity index (χ4n) is 2.08. The summed E-state index contributed by atoms with van der Waals surface area (Å²) in [6.07, 6.45) is 1.92. The maximum Gasteiger partial charge on any atom is 0.261 e. The standard InChI is InChI=1S/C16H14Cl2N2O3S/c17-11-4-7-15(14(18)9-11)20-24(22,23)13-3-1-2-10(8-13)16(21)19-12-5-6-12/h1-4,7-9,12,20H,5-6H2,(H,19,21). The van der Waals surface area contributed by atoms with E-state index in [1.807, 2.05) is 0 Å². The minimum atomic E-state index is -3.88. The smallest absolute Gasteiger partial charge is 0.261 e. The minimum Gasteiger partial charge on any atom is -0.349 e. The molecule has 8 heteroatoms. The lowest BCUT2D eigenvalue weighted by molar-refractivity contribution is 0.0951. The van der Waals surface area contributed by atoms with Crippen LogP contribution >= 0.6 is 23.2 Å². The third-order valence-corrected chi connectivity index (χ3v) is 5.41. The summed E-state index contributed by atoms with van der Waals surface area (Å²) in [5.74, 6) is -0.279. The van der Waals surface area contributed by atoms with E-state index >= 15 is 0 Å². The molecule has 2 N–H and O–H groups in total. The van der Waals surface area contributed by atoms with E-state index in [1.165, 1.54) is 36.4 Å². The molecule has 5 nitrogen and oxygen atoms in total. The quantitative estimate of drug-likeness (QED) is 0.825. The van der Waals surface area contributed by atoms with Crippen LogP contribution in [0.25, 0.3) is 0 Å². The van der Waals surface area contributed by atoms with Crippen LogP contribution in [-0.2, 0) is 10.0 Å². The second kappa shape index (κ2) is 6.63. The van der Waals surface area contributed by atoms with Crippen molar-refractivity contribution in [2.45, 2.75) is 23.8 Å². The zero-order valence-corrected chi connectivity index (χ0v) is 14.8. The number of hydrogen-bond donors (Lipinski definition) is 2. The summed E-state index contributed by atoms with van der Waals surface area (Å²) in [6.45, 7) is 0. The van der Waals surface area contributed by atoms with Crippen molar-refractivity contribution in [1.29, 1.82) is 0 Å². The Bertz CT molecular complexity index is 896. The summed E-state index contributed by atoms with van der Waals surface area (Å²) < 4.78 is 27.4. The topological polar surface area (TPSA) is 75.3 Å². The molecule has 1 saturated carbocycles. The van der Waals surface area contributed by atoms with Crippen LogP contribution < -0.4 is 10.0 Å². The predicted octanol–water partition coefficient (Wildman–Crippen LogP) is 3.69. The van der Waals surface area contributed by atoms with E-state index in [0.717, 1.165) is 12.8 Å². The van der Waals surface area contributed by atoms with Gasteiger partial charge >= 0.3 is 0 Å². The Kier molecular flexibility index (Phi) is 4.71. The Morgan fingerprint density at radius 3 is 2.50 bits per heavy atom. The molecule has 0 saturated heterocycles. The molecule has 0 unspecified atom stereocenters. The number of hydrogen-bond acceptors (Lipinski definition) is 3. The molecule has 1 amide bonds. The number of anilines is 1. The Morgan fingerprint density at radius 2 is 1.83 bits per heavy atom. The van der Waals surface area contributed by atoms with Gasteiger partial charge in [-0.2, -0.15) is 0 Å². The fraction of sp³-hybridized carbons (Fsp3) is 0.188. The van der Waals surface area contributed by atoms with Gasteiger partial charge in [0.05, 0.1) is 15.6 Å². The van der Waals surface area contributed by atoms with Crippen LogP contribution in [0.4, 0.5) is 5.69 Å². The Hall–Kier alpha value is -1.76. The lowest BCUT2D eigenvalue weighted by atomic mass is 10.2. The van der Waals surface area contributed by atoms with E-state index in [4.69, 9.17) is 23.2 Å². The Labute approximate surface area is 150 Å². The van der Waals surface area contributed by atoms with Crippen molar-refractivity contribution in [2.75, 3.05) is 4.72 Å². The van der Waals surface area contributed by atoms with Gasteiger partial charge in [-0.1, -0.05) is 29.3 Å². The van der Waals surface area contributed by atoms with E-state index in [1.54, 1.807) is 6.07 Å². The third-order valence-electron chi connectivity index (χ3n) is 3.49. The van der Waals surface area contributed by atoms with Crippen molar-refractivity contribution in [2.24, 2.45) is 0 Å². The zero-order chi connectivity index (χ0) is 17.3. The largest absolute Gasteiger partial charge is 0.349 e. The highest BCUT2D eigenvalue weighted by atomic mass is 35.5. The van der Waals surface area contributed by atoms with Crippen LogP contribution in [0.5, 0.6) is 0 Å². The van der Waals surface area contributed by atoms with Crippen LogP contribution in [0.15, 0.2) is 47.4 Å². The number of sulfonamides is 1. The molecule has 1 fully saturated rings. The fourth-order valence-corrected chi connectivity index (χ4v) is 3.71. The number of nitrogens with one attached hydrogen (secondary N) is 2. The maximum absolute atomic E-state index is 12.5. The molecule has 0 radical (unpaired) electrons. The van der Waals surface area contributed by atoms with Gasteiger partial charge in [0, 0.05) is 16.6 Å². The van der Waals surface area contributed by atoms with Gasteiger partial charge in [0.25, 0.3) is 15.9 Å². The van der Waals surface area contributed by atoms with Crippen molar-refractivity contribution in [3.05, 3.63) is 58.1 Å². The molecule has 0 bridgehead atoms. The Balaban J connectivity index is 1.84. The molecule has 24 heavy (non-hydrogen) atoms. The van der Waals surface area contributed by atoms with Gasteiger partial charge in [-0.25, -0.2) is 8.42 Å². The molecule has 1 aliphatic rings. The van der Waals surface area contributed by atoms with Gasteiger partial charge in [0.15, 0.2) is 0 Å². The summed E-state index contributed by atoms with van der Waals surface area (Å²) in [4.78, 5) is 12.0. The molecule has 0 aromatic heterocycles. The van der Waals surface area contributed by atoms with Crippen LogP contribution in [0.3, 0.4) is 0 Å². The van der Waals surface area contributed by atoms with E-state index < -0.39 is 10.0 Å². The van der Waals surface area contributed by atoms with Crippen molar-refractivity contribution < 1.29 is 13.2 Å². The molecule has 0 heterocycles. The number of rotatable bonds is 5. The van der Waals surface area contributed by atoms with E-state index in [-0.39, 0.29) is 27.6 Å². The van der Waals surface area contributed by atoms with Crippen LogP contribution in [0.1, 0.15) is 23.2 Å². The monoisotopic (exact) mass is 384 g/mol. The van der Waals surface area contributed by atoms with Crippen molar-refractivity contribution >= 4 is 44.8 Å². The number of amides is 1. The summed E-state index contributed by atoms with van der Waals surface area (Å²) in [7, 11) is -3.88. The molecule has 2 aromatic carbocycles. The average Bonchev–Trinajstić information content (AvgIpc) is 3.34. The molecule has 3 rings (SSSR count). The molecule has 126 valence electrons. The molecule has 0 aliphatic heterocycles. The first-order chi connectivity index (χ1) is 11.3. The summed E-state index contributed by atoms with van der Waals surface area (Å²) in [5.41, 5.74) is 0.515. The van der Waals surface area contributed by atoms with E-state index in [9.17, 15) is 13.2 Å². The highest BCUT2D eigenvalue weighted by Gasteiger charge is 2.24. The zero-order valence-electron chi connectivity index (χ0n) is 12.4. The number of benzene rings is 2. The van der Waals surface area contributed by atoms with Gasteiger partial charge in [-0.15, -0.1) is 0 Å². The third kappa shape index (κ3) is 4.01.